The highest BCUT2D eigenvalue weighted by molar-refractivity contribution is 7.92. The summed E-state index contributed by atoms with van der Waals surface area (Å²) in [5.74, 6) is 0.795. The van der Waals surface area contributed by atoms with Crippen LogP contribution < -0.4 is 5.32 Å². The quantitative estimate of drug-likeness (QED) is 0.913. The molecule has 1 N–H and O–H groups in total. The highest BCUT2D eigenvalue weighted by atomic mass is 32.2. The number of nitrogens with one attached hydrogen (secondary N) is 1. The molecule has 3 rings (SSSR count). The second-order valence-electron chi connectivity index (χ2n) is 6.03. The van der Waals surface area contributed by atoms with Crippen molar-refractivity contribution in [1.82, 2.24) is 9.97 Å². The third-order valence-corrected chi connectivity index (χ3v) is 6.42. The molecule has 0 aromatic carbocycles. The average molecular weight is 309 g/mol. The molecule has 0 unspecified atom stereocenters. The minimum atomic E-state index is -3.45. The van der Waals surface area contributed by atoms with Gasteiger partial charge in [-0.1, -0.05) is 12.8 Å². The summed E-state index contributed by atoms with van der Waals surface area (Å²) in [5.41, 5.74) is 0.458. The predicted octanol–water partition coefficient (Wildman–Crippen LogP) is 1.65. The summed E-state index contributed by atoms with van der Waals surface area (Å²) < 4.78 is 22.8. The van der Waals surface area contributed by atoms with Crippen LogP contribution in [0.3, 0.4) is 0 Å². The Bertz CT molecular complexity index is 645. The summed E-state index contributed by atoms with van der Waals surface area (Å²) in [6.45, 7) is 0. The molecule has 0 saturated heterocycles. The first-order valence-electron chi connectivity index (χ1n) is 7.25. The molecule has 0 aliphatic heterocycles. The number of hydrogen-bond donors (Lipinski definition) is 1. The molecule has 2 aliphatic carbocycles. The van der Waals surface area contributed by atoms with Gasteiger partial charge in [-0.25, -0.2) is 18.4 Å². The van der Waals surface area contributed by atoms with Crippen LogP contribution in [0.25, 0.3) is 0 Å². The monoisotopic (exact) mass is 309 g/mol. The van der Waals surface area contributed by atoms with E-state index in [1.807, 2.05) is 0 Å². The maximum absolute atomic E-state index is 12.5. The Kier molecular flexibility index (Phi) is 3.47. The molecule has 114 valence electrons. The van der Waals surface area contributed by atoms with Gasteiger partial charge in [0, 0.05) is 12.2 Å². The maximum Gasteiger partial charge on any atom is 0.245 e. The van der Waals surface area contributed by atoms with Gasteiger partial charge in [0.15, 0.2) is 14.6 Å². The molecule has 2 aliphatic rings. The minimum absolute atomic E-state index is 0.388. The molecular weight excluding hydrogens is 290 g/mol. The fourth-order valence-electron chi connectivity index (χ4n) is 2.91. The van der Waals surface area contributed by atoms with E-state index in [0.29, 0.717) is 24.4 Å². The van der Waals surface area contributed by atoms with Gasteiger partial charge in [0.25, 0.3) is 0 Å². The van der Waals surface area contributed by atoms with Gasteiger partial charge in [-0.3, -0.25) is 4.79 Å². The Balaban J connectivity index is 1.78. The third kappa shape index (κ3) is 2.66. The highest BCUT2D eigenvalue weighted by Crippen LogP contribution is 2.39. The summed E-state index contributed by atoms with van der Waals surface area (Å²) in [6, 6.07) is 0. The van der Waals surface area contributed by atoms with Crippen molar-refractivity contribution in [3.8, 4) is 0 Å². The summed E-state index contributed by atoms with van der Waals surface area (Å²) in [4.78, 5) is 20.9. The zero-order valence-electron chi connectivity index (χ0n) is 12.0. The Morgan fingerprint density at radius 2 is 1.81 bits per heavy atom. The number of amides is 1. The smallest absolute Gasteiger partial charge is 0.245 e. The standard InChI is InChI=1S/C14H19N3O3S/c1-21(19,20)14(6-2-3-7-14)13(18)17-11-8-15-12(16-9-11)10-4-5-10/h8-10H,2-7H2,1H3,(H,17,18). The molecule has 6 nitrogen and oxygen atoms in total. The van der Waals surface area contributed by atoms with E-state index in [0.717, 1.165) is 37.8 Å². The van der Waals surface area contributed by atoms with Gasteiger partial charge >= 0.3 is 0 Å². The Hall–Kier alpha value is -1.50. The third-order valence-electron chi connectivity index (χ3n) is 4.41. The molecule has 0 bridgehead atoms. The molecule has 21 heavy (non-hydrogen) atoms. The number of rotatable bonds is 4. The van der Waals surface area contributed by atoms with Crippen LogP contribution >= 0.6 is 0 Å². The second-order valence-corrected chi connectivity index (χ2v) is 8.36. The lowest BCUT2D eigenvalue weighted by molar-refractivity contribution is -0.118. The van der Waals surface area contributed by atoms with Crippen molar-refractivity contribution in [2.24, 2.45) is 0 Å². The number of anilines is 1. The van der Waals surface area contributed by atoms with E-state index >= 15 is 0 Å². The maximum atomic E-state index is 12.5. The molecule has 1 aromatic rings. The molecule has 0 radical (unpaired) electrons. The zero-order valence-corrected chi connectivity index (χ0v) is 12.8. The van der Waals surface area contributed by atoms with Crippen molar-refractivity contribution in [3.63, 3.8) is 0 Å². The van der Waals surface area contributed by atoms with E-state index in [1.54, 1.807) is 12.4 Å². The topological polar surface area (TPSA) is 89.0 Å². The van der Waals surface area contributed by atoms with Crippen molar-refractivity contribution in [2.75, 3.05) is 11.6 Å². The van der Waals surface area contributed by atoms with Gasteiger partial charge in [-0.15, -0.1) is 0 Å². The van der Waals surface area contributed by atoms with Crippen LogP contribution in [-0.4, -0.2) is 35.3 Å². The molecule has 1 aromatic heterocycles. The van der Waals surface area contributed by atoms with Crippen molar-refractivity contribution in [2.45, 2.75) is 49.2 Å². The van der Waals surface area contributed by atoms with E-state index < -0.39 is 20.5 Å². The predicted molar refractivity (Wildman–Crippen MR) is 78.7 cm³/mol. The lowest BCUT2D eigenvalue weighted by Gasteiger charge is -2.25. The average Bonchev–Trinajstić information content (AvgIpc) is 3.14. The number of nitrogens with zero attached hydrogens (tertiary/aromatic N) is 2. The van der Waals surface area contributed by atoms with Crippen LogP contribution in [0.2, 0.25) is 0 Å². The highest BCUT2D eigenvalue weighted by Gasteiger charge is 2.50. The molecular formula is C14H19N3O3S. The summed E-state index contributed by atoms with van der Waals surface area (Å²) in [7, 11) is -3.45. The molecule has 0 spiro atoms. The summed E-state index contributed by atoms with van der Waals surface area (Å²) in [6.07, 6.45) is 8.79. The van der Waals surface area contributed by atoms with Gasteiger partial charge in [0.05, 0.1) is 18.1 Å². The van der Waals surface area contributed by atoms with Crippen molar-refractivity contribution in [3.05, 3.63) is 18.2 Å². The van der Waals surface area contributed by atoms with E-state index in [1.165, 1.54) is 0 Å². The van der Waals surface area contributed by atoms with E-state index in [-0.39, 0.29) is 0 Å². The van der Waals surface area contributed by atoms with Gasteiger partial charge in [-0.2, -0.15) is 0 Å². The summed E-state index contributed by atoms with van der Waals surface area (Å²) >= 11 is 0. The summed E-state index contributed by atoms with van der Waals surface area (Å²) in [5, 5.41) is 2.67. The Morgan fingerprint density at radius 1 is 1.24 bits per heavy atom. The molecule has 0 atom stereocenters. The lowest BCUT2D eigenvalue weighted by atomic mass is 10.1. The minimum Gasteiger partial charge on any atom is -0.322 e. The van der Waals surface area contributed by atoms with Crippen LogP contribution in [0.15, 0.2) is 12.4 Å². The second kappa shape index (κ2) is 5.05. The van der Waals surface area contributed by atoms with Crippen molar-refractivity contribution in [1.29, 1.82) is 0 Å². The van der Waals surface area contributed by atoms with Crippen molar-refractivity contribution >= 4 is 21.4 Å². The van der Waals surface area contributed by atoms with Crippen LogP contribution in [0.1, 0.15) is 50.3 Å². The van der Waals surface area contributed by atoms with Gasteiger partial charge < -0.3 is 5.32 Å². The van der Waals surface area contributed by atoms with Crippen LogP contribution in [0, 0.1) is 0 Å². The number of hydrogen-bond acceptors (Lipinski definition) is 5. The SMILES string of the molecule is CS(=O)(=O)C1(C(=O)Nc2cnc(C3CC3)nc2)CCCC1. The van der Waals surface area contributed by atoms with Crippen molar-refractivity contribution < 1.29 is 13.2 Å². The van der Waals surface area contributed by atoms with Gasteiger partial charge in [-0.05, 0) is 25.7 Å². The lowest BCUT2D eigenvalue weighted by Crippen LogP contribution is -2.47. The van der Waals surface area contributed by atoms with E-state index in [9.17, 15) is 13.2 Å². The molecule has 1 heterocycles. The number of aromatic nitrogens is 2. The largest absolute Gasteiger partial charge is 0.322 e. The van der Waals surface area contributed by atoms with Crippen LogP contribution in [0.5, 0.6) is 0 Å². The molecule has 2 fully saturated rings. The first-order chi connectivity index (χ1) is 9.92. The number of carbonyl (C=O) groups is 1. The van der Waals surface area contributed by atoms with Crippen LogP contribution in [-0.2, 0) is 14.6 Å². The fourth-order valence-corrected chi connectivity index (χ4v) is 4.33. The zero-order chi connectivity index (χ0) is 15.1. The Labute approximate surface area is 124 Å². The normalized spacial score (nSPS) is 21.2. The van der Waals surface area contributed by atoms with E-state index in [4.69, 9.17) is 0 Å². The first-order valence-corrected chi connectivity index (χ1v) is 9.14. The first kappa shape index (κ1) is 14.4. The van der Waals surface area contributed by atoms with Gasteiger partial charge in [0.1, 0.15) is 5.82 Å². The molecule has 2 saturated carbocycles. The van der Waals surface area contributed by atoms with Crippen LogP contribution in [0.4, 0.5) is 5.69 Å². The number of carbonyl (C=O) groups excluding carboxylic acids is 1. The fraction of sp³-hybridized carbons (Fsp3) is 0.643. The Morgan fingerprint density at radius 3 is 2.29 bits per heavy atom. The number of sulfone groups is 1. The molecule has 7 heteroatoms. The van der Waals surface area contributed by atoms with E-state index in [2.05, 4.69) is 15.3 Å². The molecule has 1 amide bonds. The van der Waals surface area contributed by atoms with Gasteiger partial charge in [0.2, 0.25) is 5.91 Å².